The molecule has 1 aliphatic heterocycles. The second-order valence-electron chi connectivity index (χ2n) is 4.74. The van der Waals surface area contributed by atoms with Crippen molar-refractivity contribution in [2.45, 2.75) is 34.2 Å². The van der Waals surface area contributed by atoms with Gasteiger partial charge in [0, 0.05) is 7.05 Å². The van der Waals surface area contributed by atoms with Gasteiger partial charge in [-0.3, -0.25) is 0 Å². The minimum atomic E-state index is -7.90. The molecule has 0 saturated carbocycles. The summed E-state index contributed by atoms with van der Waals surface area (Å²) < 4.78 is 185. The molecule has 1 fully saturated rings. The van der Waals surface area contributed by atoms with Crippen molar-refractivity contribution in [3.63, 3.8) is 0 Å². The van der Waals surface area contributed by atoms with Crippen molar-refractivity contribution in [2.75, 3.05) is 7.05 Å². The second-order valence-corrected chi connectivity index (χ2v) is 9.19. The van der Waals surface area contributed by atoms with Crippen molar-refractivity contribution < 1.29 is 69.5 Å². The maximum atomic E-state index is 13.1. The smallest absolute Gasteiger partial charge is 0.210 e. The Morgan fingerprint density at radius 2 is 0.692 bits per heavy atom. The number of sulfonamides is 2. The van der Waals surface area contributed by atoms with Gasteiger partial charge in [0.1, 0.15) is 0 Å². The lowest BCUT2D eigenvalue weighted by molar-refractivity contribution is -0.352. The van der Waals surface area contributed by atoms with Gasteiger partial charge < -0.3 is 0 Å². The van der Waals surface area contributed by atoms with Gasteiger partial charge >= 0.3 is 34.2 Å². The van der Waals surface area contributed by atoms with Crippen LogP contribution in [-0.4, -0.2) is 61.8 Å². The fraction of sp³-hybridized carbons (Fsp3) is 1.00. The van der Waals surface area contributed by atoms with Gasteiger partial charge in [0.2, 0.25) is 0 Å². The molecule has 156 valence electrons. The molecule has 0 N–H and O–H groups in total. The molecule has 1 rings (SSSR count). The largest absolute Gasteiger partial charge is 0.421 e. The third-order valence-corrected chi connectivity index (χ3v) is 9.29. The first-order chi connectivity index (χ1) is 10.9. The van der Waals surface area contributed by atoms with Crippen LogP contribution in [0.4, 0.5) is 52.7 Å². The Kier molecular flexibility index (Phi) is 4.51. The van der Waals surface area contributed by atoms with Crippen molar-refractivity contribution in [2.24, 2.45) is 0 Å². The molecule has 26 heavy (non-hydrogen) atoms. The highest BCUT2D eigenvalue weighted by molar-refractivity contribution is 8.09. The molecule has 0 radical (unpaired) electrons. The first kappa shape index (κ1) is 23.1. The number of halogens is 12. The predicted octanol–water partition coefficient (Wildman–Crippen LogP) is 2.32. The van der Waals surface area contributed by atoms with Crippen LogP contribution in [0.25, 0.3) is 0 Å². The van der Waals surface area contributed by atoms with Crippen LogP contribution in [0.15, 0.2) is 0 Å². The molecular weight excluding hydrogens is 454 g/mol. The molecule has 1 saturated heterocycles. The fourth-order valence-electron chi connectivity index (χ4n) is 2.58. The van der Waals surface area contributed by atoms with Gasteiger partial charge in [-0.15, -0.1) is 0 Å². The summed E-state index contributed by atoms with van der Waals surface area (Å²) in [6.45, 7) is 0. The predicted molar refractivity (Wildman–Crippen MR) is 55.3 cm³/mol. The van der Waals surface area contributed by atoms with E-state index in [2.05, 4.69) is 0 Å². The summed E-state index contributed by atoms with van der Waals surface area (Å²) in [5.41, 5.74) is 0. The summed E-state index contributed by atoms with van der Waals surface area (Å²) in [7, 11) is -16.5. The summed E-state index contributed by atoms with van der Waals surface area (Å²) in [4.78, 5) is 0. The quantitative estimate of drug-likeness (QED) is 0.524. The minimum absolute atomic E-state index is 0.796. The Balaban J connectivity index is 4.69. The summed E-state index contributed by atoms with van der Waals surface area (Å²) in [6.07, 6.45) is -31.6. The molecule has 0 atom stereocenters. The van der Waals surface area contributed by atoms with Crippen molar-refractivity contribution >= 4 is 20.0 Å². The molecule has 0 unspecified atom stereocenters. The Hall–Kier alpha value is -0.980. The number of rotatable bonds is 0. The van der Waals surface area contributed by atoms with E-state index < -0.39 is 65.0 Å². The van der Waals surface area contributed by atoms with Crippen LogP contribution in [0, 0.1) is 0 Å². The van der Waals surface area contributed by atoms with Crippen LogP contribution < -0.4 is 0 Å². The third-order valence-electron chi connectivity index (χ3n) is 3.54. The van der Waals surface area contributed by atoms with Crippen LogP contribution in [0.2, 0.25) is 0 Å². The Bertz CT molecular complexity index is 702. The fourth-order valence-corrected chi connectivity index (χ4v) is 8.05. The summed E-state index contributed by atoms with van der Waals surface area (Å²) in [5.74, 6) is 0. The first-order valence-corrected chi connectivity index (χ1v) is 8.29. The molecule has 0 aromatic heterocycles. The van der Waals surface area contributed by atoms with Gasteiger partial charge in [-0.05, 0) is 0 Å². The average Bonchev–Trinajstić information content (AvgIpc) is 2.38. The van der Waals surface area contributed by atoms with Crippen molar-refractivity contribution in [1.29, 1.82) is 0 Å². The van der Waals surface area contributed by atoms with Crippen LogP contribution >= 0.6 is 0 Å². The second kappa shape index (κ2) is 5.09. The van der Waals surface area contributed by atoms with E-state index in [1.165, 1.54) is 0 Å². The number of hydrogen-bond donors (Lipinski definition) is 0. The van der Waals surface area contributed by atoms with E-state index in [4.69, 9.17) is 0 Å². The molecule has 19 heteroatoms. The summed E-state index contributed by atoms with van der Waals surface area (Å²) in [6, 6.07) is 0. The van der Waals surface area contributed by atoms with Gasteiger partial charge in [0.25, 0.3) is 20.0 Å². The third kappa shape index (κ3) is 2.04. The SMILES string of the molecule is CN1S(=O)(=O)C(C(F)(F)F)(C(F)(F)F)C(C(F)(F)F)(C(F)(F)F)S1(=O)=O. The first-order valence-electron chi connectivity index (χ1n) is 5.41. The minimum Gasteiger partial charge on any atom is -0.210 e. The molecule has 0 aromatic carbocycles. The number of nitrogens with zero attached hydrogens (tertiary/aromatic N) is 1. The normalized spacial score (nSPS) is 26.0. The molecule has 0 bridgehead atoms. The zero-order valence-corrected chi connectivity index (χ0v) is 13.1. The van der Waals surface area contributed by atoms with Gasteiger partial charge in [-0.2, -0.15) is 52.7 Å². The van der Waals surface area contributed by atoms with Crippen molar-refractivity contribution in [3.05, 3.63) is 0 Å². The van der Waals surface area contributed by atoms with E-state index in [1.54, 1.807) is 0 Å². The van der Waals surface area contributed by atoms with Crippen LogP contribution in [-0.2, 0) is 20.0 Å². The average molecular weight is 457 g/mol. The molecule has 1 heterocycles. The zero-order chi connectivity index (χ0) is 21.6. The Morgan fingerprint density at radius 3 is 0.808 bits per heavy atom. The lowest BCUT2D eigenvalue weighted by Crippen LogP contribution is -2.81. The van der Waals surface area contributed by atoms with E-state index in [9.17, 15) is 69.5 Å². The van der Waals surface area contributed by atoms with Crippen LogP contribution in [0.5, 0.6) is 0 Å². The highest BCUT2D eigenvalue weighted by Gasteiger charge is 3.06. The van der Waals surface area contributed by atoms with Gasteiger partial charge in [-0.25, -0.2) is 16.8 Å². The molecule has 1 aliphatic rings. The van der Waals surface area contributed by atoms with Gasteiger partial charge in [-0.1, -0.05) is 3.71 Å². The zero-order valence-electron chi connectivity index (χ0n) is 11.4. The molecule has 0 spiro atoms. The van der Waals surface area contributed by atoms with E-state index >= 15 is 0 Å². The summed E-state index contributed by atoms with van der Waals surface area (Å²) in [5, 5.41) is 0. The number of hydrogen-bond acceptors (Lipinski definition) is 4. The summed E-state index contributed by atoms with van der Waals surface area (Å²) >= 11 is 0. The molecular formula is C7H3F12NO4S2. The van der Waals surface area contributed by atoms with Gasteiger partial charge in [0.15, 0.2) is 0 Å². The molecule has 0 aliphatic carbocycles. The van der Waals surface area contributed by atoms with Crippen LogP contribution in [0.3, 0.4) is 0 Å². The monoisotopic (exact) mass is 457 g/mol. The standard InChI is InChI=1S/C7H3F12NO4S2/c1-20-25(21,22)2(4(8,9)10,5(11,12)13)3(6(14,15)16,7(17,18)19)26(20,23)24/h1H3. The number of alkyl halides is 12. The maximum absolute atomic E-state index is 13.1. The van der Waals surface area contributed by atoms with E-state index in [1.807, 2.05) is 0 Å². The molecule has 0 aromatic rings. The Morgan fingerprint density at radius 1 is 0.538 bits per heavy atom. The van der Waals surface area contributed by atoms with E-state index in [-0.39, 0.29) is 0 Å². The topological polar surface area (TPSA) is 71.5 Å². The Labute approximate surface area is 135 Å². The maximum Gasteiger partial charge on any atom is 0.421 e. The molecule has 0 amide bonds. The molecule has 5 nitrogen and oxygen atoms in total. The highest BCUT2D eigenvalue weighted by Crippen LogP contribution is 2.70. The van der Waals surface area contributed by atoms with Crippen molar-refractivity contribution in [1.82, 2.24) is 3.71 Å². The highest BCUT2D eigenvalue weighted by atomic mass is 32.3. The lowest BCUT2D eigenvalue weighted by atomic mass is 9.87. The lowest BCUT2D eigenvalue weighted by Gasteiger charge is -2.43. The van der Waals surface area contributed by atoms with E-state index in [0.29, 0.717) is 0 Å². The van der Waals surface area contributed by atoms with E-state index in [0.717, 1.165) is 0 Å². The van der Waals surface area contributed by atoms with Gasteiger partial charge in [0.05, 0.1) is 0 Å². The van der Waals surface area contributed by atoms with Crippen LogP contribution in [0.1, 0.15) is 0 Å². The van der Waals surface area contributed by atoms with Crippen molar-refractivity contribution in [3.8, 4) is 0 Å².